The van der Waals surface area contributed by atoms with Crippen LogP contribution in [-0.2, 0) is 4.79 Å². The van der Waals surface area contributed by atoms with Gasteiger partial charge in [-0.2, -0.15) is 8.78 Å². The van der Waals surface area contributed by atoms with Crippen molar-refractivity contribution in [3.63, 3.8) is 0 Å². The highest BCUT2D eigenvalue weighted by atomic mass is 19.3. The zero-order valence-electron chi connectivity index (χ0n) is 14.2. The summed E-state index contributed by atoms with van der Waals surface area (Å²) in [5.74, 6) is -1.75. The van der Waals surface area contributed by atoms with Crippen LogP contribution in [0.15, 0.2) is 48.5 Å². The molecule has 0 aliphatic rings. The maximum Gasteiger partial charge on any atom is 0.387 e. The first-order chi connectivity index (χ1) is 12.9. The van der Waals surface area contributed by atoms with Crippen molar-refractivity contribution in [1.82, 2.24) is 0 Å². The minimum absolute atomic E-state index is 0.0996. The van der Waals surface area contributed by atoms with E-state index in [1.165, 1.54) is 55.7 Å². The van der Waals surface area contributed by atoms with Gasteiger partial charge in [-0.05, 0) is 30.4 Å². The summed E-state index contributed by atoms with van der Waals surface area (Å²) in [7, 11) is 1.31. The van der Waals surface area contributed by atoms with Crippen LogP contribution in [0.25, 0.3) is 6.08 Å². The third-order valence-electron chi connectivity index (χ3n) is 3.33. The number of carbonyl (C=O) groups excluding carboxylic acids is 2. The number of carboxylic acid groups (broad SMARTS) is 1. The largest absolute Gasteiger partial charge is 0.546 e. The molecule has 8 heteroatoms. The molecule has 0 aromatic heterocycles. The molecule has 0 atom stereocenters. The second-order valence-electron chi connectivity index (χ2n) is 5.14. The lowest BCUT2D eigenvalue weighted by Crippen LogP contribution is -2.28. The minimum atomic E-state index is -3.05. The molecule has 0 aliphatic heterocycles. The number of benzene rings is 2. The van der Waals surface area contributed by atoms with Crippen LogP contribution in [0.3, 0.4) is 0 Å². The Morgan fingerprint density at radius 2 is 1.93 bits per heavy atom. The predicted molar refractivity (Wildman–Crippen MR) is 89.9 cm³/mol. The van der Waals surface area contributed by atoms with Gasteiger partial charge in [0.2, 0.25) is 0 Å². The van der Waals surface area contributed by atoms with Gasteiger partial charge in [-0.1, -0.05) is 24.3 Å². The number of para-hydroxylation sites is 1. The third kappa shape index (κ3) is 5.81. The van der Waals surface area contributed by atoms with E-state index in [2.05, 4.69) is 4.74 Å². The maximum absolute atomic E-state index is 12.6. The summed E-state index contributed by atoms with van der Waals surface area (Å²) < 4.78 is 39.7. The van der Waals surface area contributed by atoms with E-state index in [-0.39, 0.29) is 28.4 Å². The van der Waals surface area contributed by atoms with Gasteiger partial charge < -0.3 is 24.1 Å². The lowest BCUT2D eigenvalue weighted by atomic mass is 10.1. The molecule has 27 heavy (non-hydrogen) atoms. The van der Waals surface area contributed by atoms with Crippen molar-refractivity contribution in [2.24, 2.45) is 0 Å². The quantitative estimate of drug-likeness (QED) is 0.493. The summed E-state index contributed by atoms with van der Waals surface area (Å²) in [4.78, 5) is 22.7. The molecule has 0 amide bonds. The second kappa shape index (κ2) is 9.33. The Hall–Kier alpha value is -3.42. The number of methoxy groups -OCH3 is 1. The number of halogens is 2. The van der Waals surface area contributed by atoms with Gasteiger partial charge >= 0.3 is 6.61 Å². The van der Waals surface area contributed by atoms with Crippen molar-refractivity contribution in [3.05, 3.63) is 59.7 Å². The lowest BCUT2D eigenvalue weighted by Gasteiger charge is -2.12. The van der Waals surface area contributed by atoms with Gasteiger partial charge in [0, 0.05) is 11.1 Å². The average molecular weight is 377 g/mol. The molecule has 0 spiro atoms. The Morgan fingerprint density at radius 1 is 1.19 bits per heavy atom. The summed E-state index contributed by atoms with van der Waals surface area (Å²) in [6, 6.07) is 10.4. The van der Waals surface area contributed by atoms with E-state index in [4.69, 9.17) is 9.47 Å². The number of ether oxygens (including phenoxy) is 3. The van der Waals surface area contributed by atoms with Gasteiger partial charge in [0.1, 0.15) is 12.4 Å². The van der Waals surface area contributed by atoms with Crippen LogP contribution in [0.4, 0.5) is 8.78 Å². The van der Waals surface area contributed by atoms with Crippen LogP contribution < -0.4 is 19.3 Å². The van der Waals surface area contributed by atoms with E-state index < -0.39 is 25.0 Å². The smallest absolute Gasteiger partial charge is 0.387 e. The van der Waals surface area contributed by atoms with Crippen LogP contribution in [0.2, 0.25) is 0 Å². The van der Waals surface area contributed by atoms with Crippen LogP contribution in [-0.4, -0.2) is 32.1 Å². The molecule has 0 N–H and O–H groups in total. The van der Waals surface area contributed by atoms with Gasteiger partial charge in [-0.25, -0.2) is 0 Å². The Bertz CT molecular complexity index is 848. The number of carbonyl (C=O) groups is 2. The maximum atomic E-state index is 12.6. The zero-order chi connectivity index (χ0) is 19.8. The molecule has 0 bridgehead atoms. The summed E-state index contributed by atoms with van der Waals surface area (Å²) >= 11 is 0. The summed E-state index contributed by atoms with van der Waals surface area (Å²) in [5, 5.41) is 10.4. The monoisotopic (exact) mass is 377 g/mol. The fourth-order valence-corrected chi connectivity index (χ4v) is 2.18. The number of alkyl halides is 2. The topological polar surface area (TPSA) is 84.9 Å². The van der Waals surface area contributed by atoms with Crippen molar-refractivity contribution in [1.29, 1.82) is 0 Å². The first-order valence-corrected chi connectivity index (χ1v) is 7.67. The van der Waals surface area contributed by atoms with E-state index in [1.807, 2.05) is 0 Å². The van der Waals surface area contributed by atoms with Crippen molar-refractivity contribution in [3.8, 4) is 17.2 Å². The van der Waals surface area contributed by atoms with Crippen LogP contribution in [0.5, 0.6) is 17.2 Å². The highest BCUT2D eigenvalue weighted by Gasteiger charge is 2.14. The van der Waals surface area contributed by atoms with Gasteiger partial charge in [0.15, 0.2) is 17.3 Å². The van der Waals surface area contributed by atoms with Crippen LogP contribution in [0, 0.1) is 0 Å². The van der Waals surface area contributed by atoms with Crippen LogP contribution >= 0.6 is 0 Å². The predicted octanol–water partition coefficient (Wildman–Crippen LogP) is 2.32. The standard InChI is InChI=1S/C19H16F2O6/c1-25-16-7-3-4-12(18(16)27-19(20)21)8-9-15(22)13-5-2-6-14(10-13)26-11-17(23)24/h2-10,19H,11H2,1H3,(H,23,24)/p-1/b9-8+. The average Bonchev–Trinajstić information content (AvgIpc) is 2.65. The van der Waals surface area contributed by atoms with Crippen molar-refractivity contribution < 1.29 is 37.7 Å². The van der Waals surface area contributed by atoms with Crippen LogP contribution in [0.1, 0.15) is 15.9 Å². The van der Waals surface area contributed by atoms with Crippen molar-refractivity contribution in [2.45, 2.75) is 6.61 Å². The highest BCUT2D eigenvalue weighted by molar-refractivity contribution is 6.07. The summed E-state index contributed by atoms with van der Waals surface area (Å²) in [6.07, 6.45) is 2.49. The molecule has 0 fully saturated rings. The van der Waals surface area contributed by atoms with Crippen molar-refractivity contribution >= 4 is 17.8 Å². The fourth-order valence-electron chi connectivity index (χ4n) is 2.18. The SMILES string of the molecule is COc1cccc(/C=C/C(=O)c2cccc(OCC(=O)[O-])c2)c1OC(F)F. The molecule has 2 rings (SSSR count). The molecule has 0 unspecified atom stereocenters. The van der Waals surface area contributed by atoms with E-state index in [0.717, 1.165) is 0 Å². The minimum Gasteiger partial charge on any atom is -0.546 e. The Labute approximate surface area is 153 Å². The molecule has 0 aliphatic carbocycles. The normalized spacial score (nSPS) is 10.8. The number of ketones is 1. The molecule has 142 valence electrons. The molecule has 0 saturated carbocycles. The van der Waals surface area contributed by atoms with E-state index in [9.17, 15) is 23.5 Å². The highest BCUT2D eigenvalue weighted by Crippen LogP contribution is 2.33. The molecule has 0 saturated heterocycles. The van der Waals surface area contributed by atoms with E-state index in [0.29, 0.717) is 0 Å². The molecular formula is C19H15F2O6-. The molecule has 0 heterocycles. The number of rotatable bonds is 9. The number of hydrogen-bond acceptors (Lipinski definition) is 6. The number of hydrogen-bond donors (Lipinski definition) is 0. The lowest BCUT2D eigenvalue weighted by molar-refractivity contribution is -0.307. The van der Waals surface area contributed by atoms with E-state index in [1.54, 1.807) is 6.07 Å². The summed E-state index contributed by atoms with van der Waals surface area (Å²) in [6.45, 7) is -3.70. The summed E-state index contributed by atoms with van der Waals surface area (Å²) in [5.41, 5.74) is 0.452. The third-order valence-corrected chi connectivity index (χ3v) is 3.33. The Kier molecular flexibility index (Phi) is 6.87. The Balaban J connectivity index is 2.22. The fraction of sp³-hybridized carbons (Fsp3) is 0.158. The van der Waals surface area contributed by atoms with Gasteiger partial charge in [-0.3, -0.25) is 4.79 Å². The molecule has 6 nitrogen and oxygen atoms in total. The molecule has 0 radical (unpaired) electrons. The molecule has 2 aromatic carbocycles. The number of allylic oxidation sites excluding steroid dienone is 1. The van der Waals surface area contributed by atoms with Crippen molar-refractivity contribution in [2.75, 3.05) is 13.7 Å². The number of aliphatic carboxylic acids is 1. The zero-order valence-corrected chi connectivity index (χ0v) is 14.2. The first-order valence-electron chi connectivity index (χ1n) is 7.67. The van der Waals surface area contributed by atoms with Gasteiger partial charge in [0.25, 0.3) is 0 Å². The molecular weight excluding hydrogens is 362 g/mol. The Morgan fingerprint density at radius 3 is 2.59 bits per heavy atom. The van der Waals surface area contributed by atoms with Gasteiger partial charge in [0.05, 0.1) is 13.1 Å². The number of carboxylic acids is 1. The van der Waals surface area contributed by atoms with Gasteiger partial charge in [-0.15, -0.1) is 0 Å². The van der Waals surface area contributed by atoms with E-state index >= 15 is 0 Å². The first kappa shape index (κ1) is 19.9. The molecule has 2 aromatic rings. The second-order valence-corrected chi connectivity index (χ2v) is 5.14.